The molecule has 1 aromatic heterocycles. The fourth-order valence-electron chi connectivity index (χ4n) is 3.13. The molecule has 0 saturated carbocycles. The number of nitrogens with zero attached hydrogens (tertiary/aromatic N) is 2. The lowest BCUT2D eigenvalue weighted by Crippen LogP contribution is -2.29. The Kier molecular flexibility index (Phi) is 6.29. The van der Waals surface area contributed by atoms with Crippen LogP contribution in [0.2, 0.25) is 0 Å². The maximum atomic E-state index is 12.6. The van der Waals surface area contributed by atoms with Crippen LogP contribution in [0.4, 0.5) is 0 Å². The molecule has 1 saturated heterocycles. The van der Waals surface area contributed by atoms with E-state index in [1.54, 1.807) is 32.2 Å². The molecule has 1 aromatic carbocycles. The van der Waals surface area contributed by atoms with Crippen molar-refractivity contribution >= 4 is 21.4 Å². The van der Waals surface area contributed by atoms with Crippen molar-refractivity contribution in [1.29, 1.82) is 0 Å². The van der Waals surface area contributed by atoms with E-state index in [1.807, 2.05) is 5.38 Å². The molecule has 142 valence electrons. The summed E-state index contributed by atoms with van der Waals surface area (Å²) in [5.74, 6) is 0.642. The van der Waals surface area contributed by atoms with E-state index in [9.17, 15) is 8.42 Å². The van der Waals surface area contributed by atoms with E-state index in [1.165, 1.54) is 30.6 Å². The standard InChI is InChI=1S/C18H25N3O3S2/c1-14-10-16(24-2)6-7-17(14)26(22,23)19-11-18-20-15(13-25-18)12-21-8-4-3-5-9-21/h6-7,10,13,19H,3-5,8-9,11-12H2,1-2H3. The van der Waals surface area contributed by atoms with Gasteiger partial charge in [-0.2, -0.15) is 0 Å². The lowest BCUT2D eigenvalue weighted by Gasteiger charge is -2.25. The Balaban J connectivity index is 1.61. The molecular formula is C18H25N3O3S2. The van der Waals surface area contributed by atoms with Crippen LogP contribution in [0.3, 0.4) is 0 Å². The summed E-state index contributed by atoms with van der Waals surface area (Å²) >= 11 is 1.50. The Labute approximate surface area is 159 Å². The van der Waals surface area contributed by atoms with Gasteiger partial charge in [-0.05, 0) is 56.6 Å². The molecule has 0 spiro atoms. The maximum absolute atomic E-state index is 12.6. The maximum Gasteiger partial charge on any atom is 0.241 e. The first kappa shape index (κ1) is 19.3. The van der Waals surface area contributed by atoms with Crippen LogP contribution in [0.15, 0.2) is 28.5 Å². The van der Waals surface area contributed by atoms with Crippen LogP contribution in [-0.2, 0) is 23.1 Å². The first-order valence-electron chi connectivity index (χ1n) is 8.78. The highest BCUT2D eigenvalue weighted by Gasteiger charge is 2.18. The third-order valence-corrected chi connectivity index (χ3v) is 6.98. The Bertz CT molecular complexity index is 843. The van der Waals surface area contributed by atoms with Gasteiger partial charge in [0.15, 0.2) is 0 Å². The zero-order valence-electron chi connectivity index (χ0n) is 15.2. The minimum Gasteiger partial charge on any atom is -0.497 e. The second-order valence-electron chi connectivity index (χ2n) is 6.53. The van der Waals surface area contributed by atoms with Gasteiger partial charge in [0.25, 0.3) is 0 Å². The van der Waals surface area contributed by atoms with Gasteiger partial charge < -0.3 is 4.74 Å². The molecule has 1 aliphatic rings. The van der Waals surface area contributed by atoms with Crippen LogP contribution >= 0.6 is 11.3 Å². The molecule has 8 heteroatoms. The first-order chi connectivity index (χ1) is 12.5. The summed E-state index contributed by atoms with van der Waals surface area (Å²) in [6, 6.07) is 4.94. The molecule has 0 aliphatic carbocycles. The molecule has 0 bridgehead atoms. The first-order valence-corrected chi connectivity index (χ1v) is 11.1. The third-order valence-electron chi connectivity index (χ3n) is 4.52. The van der Waals surface area contributed by atoms with Crippen molar-refractivity contribution < 1.29 is 13.2 Å². The van der Waals surface area contributed by atoms with E-state index < -0.39 is 10.0 Å². The summed E-state index contributed by atoms with van der Waals surface area (Å²) in [7, 11) is -2.02. The van der Waals surface area contributed by atoms with Crippen LogP contribution in [-0.4, -0.2) is 38.5 Å². The molecule has 0 radical (unpaired) electrons. The predicted octanol–water partition coefficient (Wildman–Crippen LogP) is 2.92. The number of aryl methyl sites for hydroxylation is 1. The van der Waals surface area contributed by atoms with Crippen LogP contribution < -0.4 is 9.46 Å². The Hall–Kier alpha value is -1.48. The van der Waals surface area contributed by atoms with Crippen molar-refractivity contribution in [1.82, 2.24) is 14.6 Å². The smallest absolute Gasteiger partial charge is 0.241 e. The number of sulfonamides is 1. The predicted molar refractivity (Wildman–Crippen MR) is 103 cm³/mol. The number of hydrogen-bond acceptors (Lipinski definition) is 6. The molecular weight excluding hydrogens is 370 g/mol. The number of nitrogens with one attached hydrogen (secondary N) is 1. The van der Waals surface area contributed by atoms with E-state index in [2.05, 4.69) is 14.6 Å². The molecule has 3 rings (SSSR count). The largest absolute Gasteiger partial charge is 0.497 e. The second kappa shape index (κ2) is 8.47. The van der Waals surface area contributed by atoms with Gasteiger partial charge in [-0.25, -0.2) is 18.1 Å². The highest BCUT2D eigenvalue weighted by atomic mass is 32.2. The summed E-state index contributed by atoms with van der Waals surface area (Å²) in [5, 5.41) is 2.81. The topological polar surface area (TPSA) is 71.5 Å². The zero-order valence-corrected chi connectivity index (χ0v) is 16.8. The normalized spacial score (nSPS) is 15.9. The van der Waals surface area contributed by atoms with Crippen LogP contribution in [0.1, 0.15) is 35.5 Å². The molecule has 1 aliphatic heterocycles. The molecule has 0 amide bonds. The van der Waals surface area contributed by atoms with E-state index in [0.717, 1.165) is 30.3 Å². The van der Waals surface area contributed by atoms with E-state index in [-0.39, 0.29) is 11.4 Å². The number of aromatic nitrogens is 1. The van der Waals surface area contributed by atoms with Crippen molar-refractivity contribution in [3.8, 4) is 5.75 Å². The zero-order chi connectivity index (χ0) is 18.6. The number of benzene rings is 1. The van der Waals surface area contributed by atoms with Gasteiger partial charge in [0.05, 0.1) is 24.2 Å². The minimum absolute atomic E-state index is 0.207. The second-order valence-corrected chi connectivity index (χ2v) is 9.20. The van der Waals surface area contributed by atoms with Gasteiger partial charge in [-0.1, -0.05) is 6.42 Å². The summed E-state index contributed by atoms with van der Waals surface area (Å²) in [6.45, 7) is 5.06. The quantitative estimate of drug-likeness (QED) is 0.780. The average molecular weight is 396 g/mol. The summed E-state index contributed by atoms with van der Waals surface area (Å²) in [6.07, 6.45) is 3.81. The third kappa shape index (κ3) is 4.82. The Morgan fingerprint density at radius 1 is 1.27 bits per heavy atom. The van der Waals surface area contributed by atoms with Crippen LogP contribution in [0.5, 0.6) is 5.75 Å². The highest BCUT2D eigenvalue weighted by molar-refractivity contribution is 7.89. The number of hydrogen-bond donors (Lipinski definition) is 1. The molecule has 0 atom stereocenters. The number of rotatable bonds is 7. The number of ether oxygens (including phenoxy) is 1. The fraction of sp³-hybridized carbons (Fsp3) is 0.500. The molecule has 1 fully saturated rings. The van der Waals surface area contributed by atoms with E-state index in [4.69, 9.17) is 4.74 Å². The number of methoxy groups -OCH3 is 1. The van der Waals surface area contributed by atoms with E-state index in [0.29, 0.717) is 11.3 Å². The lowest BCUT2D eigenvalue weighted by atomic mass is 10.1. The number of piperidine rings is 1. The number of thiazole rings is 1. The van der Waals surface area contributed by atoms with Crippen LogP contribution in [0, 0.1) is 6.92 Å². The monoisotopic (exact) mass is 395 g/mol. The van der Waals surface area contributed by atoms with Crippen molar-refractivity contribution in [2.24, 2.45) is 0 Å². The summed E-state index contributed by atoms with van der Waals surface area (Å²) in [5.41, 5.74) is 1.67. The van der Waals surface area contributed by atoms with Gasteiger partial charge in [0.2, 0.25) is 10.0 Å². The lowest BCUT2D eigenvalue weighted by molar-refractivity contribution is 0.219. The van der Waals surface area contributed by atoms with Crippen molar-refractivity contribution in [3.05, 3.63) is 39.8 Å². The molecule has 2 aromatic rings. The van der Waals surface area contributed by atoms with Gasteiger partial charge >= 0.3 is 0 Å². The molecule has 26 heavy (non-hydrogen) atoms. The highest BCUT2D eigenvalue weighted by Crippen LogP contribution is 2.21. The molecule has 1 N–H and O–H groups in total. The summed E-state index contributed by atoms with van der Waals surface area (Å²) in [4.78, 5) is 7.26. The van der Waals surface area contributed by atoms with Crippen molar-refractivity contribution in [2.45, 2.75) is 44.2 Å². The van der Waals surface area contributed by atoms with Gasteiger partial charge in [-0.3, -0.25) is 4.90 Å². The van der Waals surface area contributed by atoms with Gasteiger partial charge in [-0.15, -0.1) is 11.3 Å². The molecule has 6 nitrogen and oxygen atoms in total. The summed E-state index contributed by atoms with van der Waals surface area (Å²) < 4.78 is 32.9. The average Bonchev–Trinajstić information content (AvgIpc) is 3.08. The van der Waals surface area contributed by atoms with E-state index >= 15 is 0 Å². The minimum atomic E-state index is -3.58. The van der Waals surface area contributed by atoms with Gasteiger partial charge in [0.1, 0.15) is 10.8 Å². The Morgan fingerprint density at radius 3 is 2.73 bits per heavy atom. The van der Waals surface area contributed by atoms with Gasteiger partial charge in [0, 0.05) is 11.9 Å². The SMILES string of the molecule is COc1ccc(S(=O)(=O)NCc2nc(CN3CCCCC3)cs2)c(C)c1. The van der Waals surface area contributed by atoms with Crippen molar-refractivity contribution in [2.75, 3.05) is 20.2 Å². The molecule has 2 heterocycles. The Morgan fingerprint density at radius 2 is 2.04 bits per heavy atom. The molecule has 0 unspecified atom stereocenters. The fourth-order valence-corrected chi connectivity index (χ4v) is 5.16. The number of likely N-dealkylation sites (tertiary alicyclic amines) is 1. The van der Waals surface area contributed by atoms with Crippen LogP contribution in [0.25, 0.3) is 0 Å². The van der Waals surface area contributed by atoms with Crippen molar-refractivity contribution in [3.63, 3.8) is 0 Å².